The number of H-pyrrole nitrogens is 1. The van der Waals surface area contributed by atoms with E-state index in [1.807, 2.05) is 46.2 Å². The first-order valence-corrected chi connectivity index (χ1v) is 26.3. The van der Waals surface area contributed by atoms with Gasteiger partial charge >= 0.3 is 0 Å². The fourth-order valence-electron chi connectivity index (χ4n) is 11.6. The number of aromatic nitrogens is 2. The van der Waals surface area contributed by atoms with Gasteiger partial charge in [0.1, 0.15) is 17.7 Å². The molecule has 378 valence electrons. The Labute approximate surface area is 420 Å². The molecule has 0 spiro atoms. The maximum atomic E-state index is 15.1. The van der Waals surface area contributed by atoms with E-state index >= 15 is 4.39 Å². The van der Waals surface area contributed by atoms with Crippen molar-refractivity contribution in [1.82, 2.24) is 44.9 Å². The van der Waals surface area contributed by atoms with Gasteiger partial charge in [-0.3, -0.25) is 33.7 Å². The van der Waals surface area contributed by atoms with Crippen LogP contribution in [-0.4, -0.2) is 173 Å². The van der Waals surface area contributed by atoms with Crippen LogP contribution in [0.3, 0.4) is 0 Å². The Morgan fingerprint density at radius 1 is 0.704 bits per heavy atom. The van der Waals surface area contributed by atoms with Gasteiger partial charge in [0.15, 0.2) is 0 Å². The van der Waals surface area contributed by atoms with Crippen LogP contribution in [0.15, 0.2) is 71.5 Å². The molecule has 4 saturated heterocycles. The predicted molar refractivity (Wildman–Crippen MR) is 270 cm³/mol. The number of benzene rings is 3. The third-order valence-electron chi connectivity index (χ3n) is 15.8. The summed E-state index contributed by atoms with van der Waals surface area (Å²) in [6, 6.07) is 18.7. The number of nitrogens with zero attached hydrogens (tertiary/aromatic N) is 7. The average molecular weight is 993 g/mol. The van der Waals surface area contributed by atoms with Gasteiger partial charge in [-0.1, -0.05) is 55.7 Å². The SMILES string of the molecule is O=C(N[C@@H](C(=O)N1CCC(CN2CCN(CC(=O)N3CCN(C(=O)c4cc(Cc5n[nH]c(=O)c6ccccc56)ccc4F)CC3)CC2)CC1)C1CCCCC1)c1cccc(C2CCCN(C(=O)CCl)C2)c1. The standard InChI is InChI=1S/C54H67ClFN9O6/c55-33-48(66)65-19-7-12-42(35-65)40-10-6-11-41(32-40)51(68)57-50(39-8-2-1-3-9-39)54(71)63-20-17-37(18-21-63)34-60-22-24-61(25-23-60)36-49(67)62-26-28-64(29-27-62)53(70)45-30-38(15-16-46(45)56)31-47-43-13-4-5-14-44(43)52(69)59-58-47/h4-6,10-11,13-16,30,32,37,39,42,50H,1-3,7-9,12,17-29,31,33-36H2,(H,57,68)(H,59,69)/t42?,50-/m1/s1. The number of nitrogens with one attached hydrogen (secondary N) is 2. The molecule has 1 saturated carbocycles. The van der Waals surface area contributed by atoms with Crippen LogP contribution in [0.25, 0.3) is 10.8 Å². The van der Waals surface area contributed by atoms with Crippen LogP contribution in [0.4, 0.5) is 4.39 Å². The van der Waals surface area contributed by atoms with Gasteiger partial charge in [0.2, 0.25) is 17.7 Å². The summed E-state index contributed by atoms with van der Waals surface area (Å²) in [5, 5.41) is 11.2. The highest BCUT2D eigenvalue weighted by Gasteiger charge is 2.37. The van der Waals surface area contributed by atoms with Gasteiger partial charge in [-0.2, -0.15) is 5.10 Å². The highest BCUT2D eigenvalue weighted by molar-refractivity contribution is 6.27. The second-order valence-corrected chi connectivity index (χ2v) is 20.6. The number of halogens is 2. The quantitative estimate of drug-likeness (QED) is 0.173. The van der Waals surface area contributed by atoms with Gasteiger partial charge in [-0.15, -0.1) is 11.6 Å². The lowest BCUT2D eigenvalue weighted by molar-refractivity contribution is -0.137. The maximum Gasteiger partial charge on any atom is 0.272 e. The molecule has 4 aliphatic heterocycles. The van der Waals surface area contributed by atoms with Crippen LogP contribution in [-0.2, 0) is 20.8 Å². The number of piperidine rings is 2. The monoisotopic (exact) mass is 991 g/mol. The predicted octanol–water partition coefficient (Wildman–Crippen LogP) is 5.12. The summed E-state index contributed by atoms with van der Waals surface area (Å²) in [5.74, 6) is -0.605. The smallest absolute Gasteiger partial charge is 0.272 e. The number of likely N-dealkylation sites (tertiary alicyclic amines) is 2. The summed E-state index contributed by atoms with van der Waals surface area (Å²) < 4.78 is 15.1. The zero-order valence-electron chi connectivity index (χ0n) is 40.7. The van der Waals surface area contributed by atoms with E-state index in [2.05, 4.69) is 25.3 Å². The number of carbonyl (C=O) groups excluding carboxylic acids is 5. The van der Waals surface area contributed by atoms with Gasteiger partial charge in [0.05, 0.1) is 23.2 Å². The summed E-state index contributed by atoms with van der Waals surface area (Å²) in [5.41, 5.74) is 2.57. The van der Waals surface area contributed by atoms with Gasteiger partial charge in [-0.25, -0.2) is 9.49 Å². The van der Waals surface area contributed by atoms with Gasteiger partial charge in [-0.05, 0) is 91.8 Å². The van der Waals surface area contributed by atoms with Crippen LogP contribution in [0.1, 0.15) is 101 Å². The maximum absolute atomic E-state index is 15.1. The molecule has 9 rings (SSSR count). The first-order valence-electron chi connectivity index (χ1n) is 25.8. The molecule has 0 bridgehead atoms. The number of carbonyl (C=O) groups is 5. The van der Waals surface area contributed by atoms with E-state index in [-0.39, 0.29) is 52.5 Å². The second-order valence-electron chi connectivity index (χ2n) is 20.3. The van der Waals surface area contributed by atoms with Crippen molar-refractivity contribution < 1.29 is 28.4 Å². The molecule has 1 aromatic heterocycles. The van der Waals surface area contributed by atoms with Crippen LogP contribution in [0.2, 0.25) is 0 Å². The van der Waals surface area contributed by atoms with Crippen molar-refractivity contribution in [1.29, 1.82) is 0 Å². The van der Waals surface area contributed by atoms with Gasteiger partial charge in [0.25, 0.3) is 17.4 Å². The van der Waals surface area contributed by atoms with Crippen LogP contribution in [0, 0.1) is 17.7 Å². The third kappa shape index (κ3) is 12.1. The van der Waals surface area contributed by atoms with Crippen LogP contribution >= 0.6 is 11.6 Å². The summed E-state index contributed by atoms with van der Waals surface area (Å²) in [7, 11) is 0. The van der Waals surface area contributed by atoms with Crippen LogP contribution in [0.5, 0.6) is 0 Å². The van der Waals surface area contributed by atoms with E-state index in [1.54, 1.807) is 34.1 Å². The number of hydrogen-bond acceptors (Lipinski definition) is 9. The summed E-state index contributed by atoms with van der Waals surface area (Å²) in [4.78, 5) is 91.8. The topological polar surface area (TPSA) is 163 Å². The van der Waals surface area contributed by atoms with E-state index in [9.17, 15) is 28.8 Å². The summed E-state index contributed by atoms with van der Waals surface area (Å²) in [6.45, 7) is 8.52. The molecular formula is C54H67ClFN9O6. The molecular weight excluding hydrogens is 925 g/mol. The zero-order chi connectivity index (χ0) is 49.4. The minimum absolute atomic E-state index is 0.0251. The molecule has 1 aliphatic carbocycles. The lowest BCUT2D eigenvalue weighted by Crippen LogP contribution is -2.55. The van der Waals surface area contributed by atoms with Gasteiger partial charge in [0, 0.05) is 108 Å². The lowest BCUT2D eigenvalue weighted by Gasteiger charge is -2.41. The molecule has 3 aromatic carbocycles. The van der Waals surface area contributed by atoms with E-state index in [0.29, 0.717) is 98.8 Å². The zero-order valence-corrected chi connectivity index (χ0v) is 41.4. The number of fused-ring (bicyclic) bond motifs is 1. The van der Waals surface area contributed by atoms with Crippen molar-refractivity contribution in [2.24, 2.45) is 11.8 Å². The molecule has 5 aliphatic rings. The number of rotatable bonds is 13. The van der Waals surface area contributed by atoms with E-state index in [4.69, 9.17) is 11.6 Å². The van der Waals surface area contributed by atoms with Crippen molar-refractivity contribution in [2.45, 2.75) is 76.2 Å². The highest BCUT2D eigenvalue weighted by atomic mass is 35.5. The first-order chi connectivity index (χ1) is 34.5. The van der Waals surface area contributed by atoms with Crippen molar-refractivity contribution in [2.75, 3.05) is 97.5 Å². The number of hydrogen-bond donors (Lipinski definition) is 2. The van der Waals surface area contributed by atoms with E-state index < -0.39 is 17.8 Å². The Bertz CT molecular complexity index is 2620. The average Bonchev–Trinajstić information content (AvgIpc) is 3.42. The molecule has 5 heterocycles. The fourth-order valence-corrected chi connectivity index (χ4v) is 11.7. The molecule has 17 heteroatoms. The third-order valence-corrected chi connectivity index (χ3v) is 16.0. The fraction of sp³-hybridized carbons (Fsp3) is 0.537. The number of alkyl halides is 1. The molecule has 71 heavy (non-hydrogen) atoms. The second kappa shape index (κ2) is 23.2. The molecule has 4 aromatic rings. The lowest BCUT2D eigenvalue weighted by atomic mass is 9.82. The van der Waals surface area contributed by atoms with Crippen LogP contribution < -0.4 is 10.9 Å². The molecule has 5 fully saturated rings. The largest absolute Gasteiger partial charge is 0.341 e. The highest BCUT2D eigenvalue weighted by Crippen LogP contribution is 2.31. The van der Waals surface area contributed by atoms with E-state index in [0.717, 1.165) is 96.1 Å². The van der Waals surface area contributed by atoms with E-state index in [1.165, 1.54) is 6.07 Å². The van der Waals surface area contributed by atoms with Gasteiger partial charge < -0.3 is 29.8 Å². The Morgan fingerprint density at radius 3 is 2.17 bits per heavy atom. The molecule has 2 N–H and O–H groups in total. The first kappa shape index (κ1) is 50.2. The molecule has 2 atom stereocenters. The van der Waals surface area contributed by atoms with Crippen molar-refractivity contribution in [3.05, 3.63) is 111 Å². The molecule has 0 radical (unpaired) electrons. The summed E-state index contributed by atoms with van der Waals surface area (Å²) in [6.07, 6.45) is 9.05. The van der Waals surface area contributed by atoms with Crippen molar-refractivity contribution in [3.63, 3.8) is 0 Å². The Kier molecular flexibility index (Phi) is 16.4. The molecule has 5 amide bonds. The van der Waals surface area contributed by atoms with Crippen molar-refractivity contribution >= 4 is 51.9 Å². The Balaban J connectivity index is 0.707. The normalized spacial score (nSPS) is 20.5. The molecule has 15 nitrogen and oxygen atoms in total. The minimum Gasteiger partial charge on any atom is -0.341 e. The Hall–Kier alpha value is -5.71. The number of piperazine rings is 2. The van der Waals surface area contributed by atoms with Crippen molar-refractivity contribution in [3.8, 4) is 0 Å². The summed E-state index contributed by atoms with van der Waals surface area (Å²) >= 11 is 5.86. The minimum atomic E-state index is -0.608. The number of amides is 5. The molecule has 1 unspecified atom stereocenters. The number of aromatic amines is 1. The Morgan fingerprint density at radius 2 is 1.42 bits per heavy atom.